The molecule has 0 aromatic heterocycles. The normalized spacial score (nSPS) is 16.6. The Bertz CT molecular complexity index is 868. The van der Waals surface area contributed by atoms with Crippen molar-refractivity contribution in [3.8, 4) is 0 Å². The molecule has 1 unspecified atom stereocenters. The van der Waals surface area contributed by atoms with Gasteiger partial charge in [-0.3, -0.25) is 9.79 Å². The smallest absolute Gasteiger partial charge is 0.223 e. The average molecular weight is 429 g/mol. The number of amides is 1. The van der Waals surface area contributed by atoms with Crippen LogP contribution in [-0.4, -0.2) is 49.5 Å². The van der Waals surface area contributed by atoms with Crippen LogP contribution in [0.15, 0.2) is 53.5 Å². The van der Waals surface area contributed by atoms with Crippen molar-refractivity contribution in [2.24, 2.45) is 10.9 Å². The summed E-state index contributed by atoms with van der Waals surface area (Å²) in [5.74, 6) is -0.121. The molecule has 2 N–H and O–H groups in total. The van der Waals surface area contributed by atoms with Gasteiger partial charge in [-0.05, 0) is 43.0 Å². The number of nitrogens with zero attached hydrogens (tertiary/aromatic N) is 2. The first-order valence-electron chi connectivity index (χ1n) is 10.8. The van der Waals surface area contributed by atoms with Crippen molar-refractivity contribution in [3.63, 3.8) is 0 Å². The molecule has 1 fully saturated rings. The predicted molar refractivity (Wildman–Crippen MR) is 119 cm³/mol. The standard InChI is InChI=1S/C24H30F2N4O/c1-2-27-24(28-10-8-19-12-21(25)15-22(26)13-19)29-16-20-14-23(31)30(17-20)11-9-18-6-4-3-5-7-18/h3-7,12-13,15,20H,2,8-11,14,16-17H2,1H3,(H2,27,28,29). The fourth-order valence-electron chi connectivity index (χ4n) is 3.74. The monoisotopic (exact) mass is 428 g/mol. The molecule has 1 amide bonds. The van der Waals surface area contributed by atoms with Crippen molar-refractivity contribution >= 4 is 11.9 Å². The van der Waals surface area contributed by atoms with Crippen molar-refractivity contribution in [3.05, 3.63) is 71.3 Å². The van der Waals surface area contributed by atoms with Crippen molar-refractivity contribution < 1.29 is 13.6 Å². The van der Waals surface area contributed by atoms with E-state index in [2.05, 4.69) is 27.8 Å². The third-order valence-electron chi connectivity index (χ3n) is 5.29. The van der Waals surface area contributed by atoms with Gasteiger partial charge in [-0.25, -0.2) is 8.78 Å². The molecule has 2 aromatic carbocycles. The van der Waals surface area contributed by atoms with Gasteiger partial charge in [0.2, 0.25) is 5.91 Å². The van der Waals surface area contributed by atoms with Crippen molar-refractivity contribution in [1.29, 1.82) is 0 Å². The highest BCUT2D eigenvalue weighted by Crippen LogP contribution is 2.18. The van der Waals surface area contributed by atoms with Crippen LogP contribution in [0.5, 0.6) is 0 Å². The first kappa shape index (κ1) is 22.7. The van der Waals surface area contributed by atoms with Crippen LogP contribution >= 0.6 is 0 Å². The highest BCUT2D eigenvalue weighted by molar-refractivity contribution is 5.80. The number of likely N-dealkylation sites (tertiary alicyclic amines) is 1. The van der Waals surface area contributed by atoms with E-state index in [1.165, 1.54) is 17.7 Å². The van der Waals surface area contributed by atoms with E-state index in [1.54, 1.807) is 0 Å². The summed E-state index contributed by atoms with van der Waals surface area (Å²) in [5, 5.41) is 6.37. The fraction of sp³-hybridized carbons (Fsp3) is 0.417. The van der Waals surface area contributed by atoms with Crippen LogP contribution in [0, 0.1) is 17.6 Å². The first-order valence-corrected chi connectivity index (χ1v) is 10.8. The second-order valence-electron chi connectivity index (χ2n) is 7.82. The lowest BCUT2D eigenvalue weighted by Crippen LogP contribution is -2.38. The molecule has 0 bridgehead atoms. The van der Waals surface area contributed by atoms with Gasteiger partial charge < -0.3 is 15.5 Å². The van der Waals surface area contributed by atoms with Crippen molar-refractivity contribution in [1.82, 2.24) is 15.5 Å². The zero-order chi connectivity index (χ0) is 22.1. The summed E-state index contributed by atoms with van der Waals surface area (Å²) in [4.78, 5) is 18.9. The van der Waals surface area contributed by atoms with Gasteiger partial charge in [0.15, 0.2) is 5.96 Å². The molecule has 7 heteroatoms. The molecule has 0 spiro atoms. The molecule has 1 saturated heterocycles. The minimum atomic E-state index is -0.571. The summed E-state index contributed by atoms with van der Waals surface area (Å²) in [7, 11) is 0. The molecule has 3 rings (SSSR count). The van der Waals surface area contributed by atoms with Gasteiger partial charge in [-0.15, -0.1) is 0 Å². The fourth-order valence-corrected chi connectivity index (χ4v) is 3.74. The first-order chi connectivity index (χ1) is 15.0. The SMILES string of the molecule is CCNC(=NCC1CC(=O)N(CCc2ccccc2)C1)NCCc1cc(F)cc(F)c1. The van der Waals surface area contributed by atoms with E-state index >= 15 is 0 Å². The van der Waals surface area contributed by atoms with E-state index in [0.29, 0.717) is 44.0 Å². The lowest BCUT2D eigenvalue weighted by atomic mass is 10.1. The Morgan fingerprint density at radius 1 is 1.06 bits per heavy atom. The van der Waals surface area contributed by atoms with Crippen LogP contribution in [0.25, 0.3) is 0 Å². The third kappa shape index (κ3) is 7.35. The highest BCUT2D eigenvalue weighted by atomic mass is 19.1. The quantitative estimate of drug-likeness (QED) is 0.477. The van der Waals surface area contributed by atoms with Crippen LogP contribution in [0.1, 0.15) is 24.5 Å². The topological polar surface area (TPSA) is 56.7 Å². The van der Waals surface area contributed by atoms with Crippen LogP contribution in [0.4, 0.5) is 8.78 Å². The molecular weight excluding hydrogens is 398 g/mol. The lowest BCUT2D eigenvalue weighted by Gasteiger charge is -2.16. The predicted octanol–water partition coefficient (Wildman–Crippen LogP) is 3.15. The molecule has 1 aliphatic heterocycles. The van der Waals surface area contributed by atoms with Gasteiger partial charge in [0, 0.05) is 51.1 Å². The Morgan fingerprint density at radius 2 is 1.81 bits per heavy atom. The van der Waals surface area contributed by atoms with Crippen molar-refractivity contribution in [2.75, 3.05) is 32.7 Å². The molecule has 31 heavy (non-hydrogen) atoms. The van der Waals surface area contributed by atoms with E-state index in [1.807, 2.05) is 30.0 Å². The summed E-state index contributed by atoms with van der Waals surface area (Å²) in [5.41, 5.74) is 1.82. The summed E-state index contributed by atoms with van der Waals surface area (Å²) in [6.07, 6.45) is 1.85. The number of benzene rings is 2. The average Bonchev–Trinajstić information content (AvgIpc) is 3.10. The molecule has 1 aliphatic rings. The number of carbonyl (C=O) groups excluding carboxylic acids is 1. The minimum Gasteiger partial charge on any atom is -0.357 e. The zero-order valence-electron chi connectivity index (χ0n) is 17.9. The van der Waals surface area contributed by atoms with Gasteiger partial charge in [0.25, 0.3) is 0 Å². The zero-order valence-corrected chi connectivity index (χ0v) is 17.9. The number of carbonyl (C=O) groups is 1. The maximum atomic E-state index is 13.3. The van der Waals surface area contributed by atoms with E-state index in [0.717, 1.165) is 25.6 Å². The highest BCUT2D eigenvalue weighted by Gasteiger charge is 2.29. The molecule has 0 aliphatic carbocycles. The van der Waals surface area contributed by atoms with Gasteiger partial charge in [0.1, 0.15) is 11.6 Å². The Morgan fingerprint density at radius 3 is 2.52 bits per heavy atom. The number of guanidine groups is 1. The molecule has 0 saturated carbocycles. The number of aliphatic imine (C=N–C) groups is 1. The van der Waals surface area contributed by atoms with Crippen LogP contribution in [0.3, 0.4) is 0 Å². The molecule has 5 nitrogen and oxygen atoms in total. The largest absolute Gasteiger partial charge is 0.357 e. The Hall–Kier alpha value is -2.96. The lowest BCUT2D eigenvalue weighted by molar-refractivity contribution is -0.127. The second kappa shape index (κ2) is 11.4. The molecule has 0 radical (unpaired) electrons. The molecular formula is C24H30F2N4O. The number of halogens is 2. The molecule has 1 atom stereocenters. The minimum absolute atomic E-state index is 0.183. The Labute approximate surface area is 182 Å². The number of rotatable bonds is 9. The van der Waals surface area contributed by atoms with Crippen LogP contribution < -0.4 is 10.6 Å². The summed E-state index contributed by atoms with van der Waals surface area (Å²) >= 11 is 0. The summed E-state index contributed by atoms with van der Waals surface area (Å²) in [6, 6.07) is 13.7. The summed E-state index contributed by atoms with van der Waals surface area (Å²) in [6.45, 7) is 5.18. The Kier molecular flexibility index (Phi) is 8.38. The van der Waals surface area contributed by atoms with Crippen LogP contribution in [-0.2, 0) is 17.6 Å². The van der Waals surface area contributed by atoms with Gasteiger partial charge in [-0.2, -0.15) is 0 Å². The van der Waals surface area contributed by atoms with E-state index in [4.69, 9.17) is 0 Å². The van der Waals surface area contributed by atoms with Gasteiger partial charge in [0.05, 0.1) is 0 Å². The van der Waals surface area contributed by atoms with Gasteiger partial charge in [-0.1, -0.05) is 30.3 Å². The van der Waals surface area contributed by atoms with E-state index in [9.17, 15) is 13.6 Å². The molecule has 1 heterocycles. The maximum absolute atomic E-state index is 13.3. The third-order valence-corrected chi connectivity index (χ3v) is 5.29. The van der Waals surface area contributed by atoms with E-state index in [-0.39, 0.29) is 11.8 Å². The Balaban J connectivity index is 1.46. The number of hydrogen-bond acceptors (Lipinski definition) is 2. The van der Waals surface area contributed by atoms with E-state index < -0.39 is 11.6 Å². The van der Waals surface area contributed by atoms with Crippen molar-refractivity contribution in [2.45, 2.75) is 26.2 Å². The molecule has 2 aromatic rings. The molecule has 166 valence electrons. The number of nitrogens with one attached hydrogen (secondary N) is 2. The second-order valence-corrected chi connectivity index (χ2v) is 7.82. The maximum Gasteiger partial charge on any atom is 0.223 e. The van der Waals surface area contributed by atoms with Crippen LogP contribution in [0.2, 0.25) is 0 Å². The van der Waals surface area contributed by atoms with Gasteiger partial charge >= 0.3 is 0 Å². The number of hydrogen-bond donors (Lipinski definition) is 2. The summed E-state index contributed by atoms with van der Waals surface area (Å²) < 4.78 is 26.6.